The third kappa shape index (κ3) is 1.67. The fraction of sp³-hybridized carbons (Fsp3) is 0.333. The van der Waals surface area contributed by atoms with Crippen LogP contribution in [-0.2, 0) is 0 Å². The summed E-state index contributed by atoms with van der Waals surface area (Å²) in [7, 11) is 0. The van der Waals surface area contributed by atoms with E-state index in [4.69, 9.17) is 0 Å². The molecule has 8 heavy (non-hydrogen) atoms. The summed E-state index contributed by atoms with van der Waals surface area (Å²) in [5.41, 5.74) is 2.63. The third-order valence-corrected chi connectivity index (χ3v) is 1.93. The topological polar surface area (TPSA) is 0 Å². The molecule has 0 spiro atoms. The van der Waals surface area contributed by atoms with E-state index >= 15 is 0 Å². The van der Waals surface area contributed by atoms with Crippen molar-refractivity contribution in [3.63, 3.8) is 0 Å². The van der Waals surface area contributed by atoms with Gasteiger partial charge < -0.3 is 11.3 Å². The Hall–Kier alpha value is 0.297. The molecule has 0 bridgehead atoms. The molecular weight excluding hydrogens is 111 g/mol. The molecule has 1 aromatic heterocycles. The van der Waals surface area contributed by atoms with Gasteiger partial charge in [0.2, 0.25) is 0 Å². The van der Waals surface area contributed by atoms with Crippen molar-refractivity contribution in [3.05, 3.63) is 21.9 Å². The van der Waals surface area contributed by atoms with E-state index in [1.54, 1.807) is 11.3 Å². The average molecular weight is 118 g/mol. The summed E-state index contributed by atoms with van der Waals surface area (Å²) in [6.07, 6.45) is 0. The molecule has 0 amide bonds. The van der Waals surface area contributed by atoms with Crippen LogP contribution in [0.25, 0.3) is 0 Å². The van der Waals surface area contributed by atoms with Crippen LogP contribution >= 0.6 is 11.3 Å². The molecule has 0 aliphatic heterocycles. The monoisotopic (exact) mass is 118 g/mol. The van der Waals surface area contributed by atoms with E-state index in [0.29, 0.717) is 0 Å². The standard InChI is InChI=1S/C6H7S.Li/c1-5-3-7-4-6(5)2;/h3H,1-2H3;/q-1;+1. The van der Waals surface area contributed by atoms with Crippen molar-refractivity contribution in [2.24, 2.45) is 0 Å². The molecule has 0 atom stereocenters. The summed E-state index contributed by atoms with van der Waals surface area (Å²) < 4.78 is 0. The minimum Gasteiger partial charge on any atom is -0.303 e. The third-order valence-electron chi connectivity index (χ3n) is 1.04. The van der Waals surface area contributed by atoms with Crippen LogP contribution in [0.2, 0.25) is 0 Å². The minimum absolute atomic E-state index is 0. The van der Waals surface area contributed by atoms with Gasteiger partial charge in [-0.15, -0.1) is 5.38 Å². The quantitative estimate of drug-likeness (QED) is 0.308. The van der Waals surface area contributed by atoms with Crippen LogP contribution in [0.4, 0.5) is 0 Å². The molecule has 0 saturated carbocycles. The van der Waals surface area contributed by atoms with Gasteiger partial charge in [0.05, 0.1) is 0 Å². The van der Waals surface area contributed by atoms with Crippen molar-refractivity contribution in [2.75, 3.05) is 0 Å². The van der Waals surface area contributed by atoms with Crippen molar-refractivity contribution in [1.29, 1.82) is 0 Å². The first kappa shape index (κ1) is 8.30. The molecular formula is C6H7LiS. The maximum absolute atomic E-state index is 3.11. The number of hydrogen-bond acceptors (Lipinski definition) is 1. The molecule has 1 rings (SSSR count). The molecule has 38 valence electrons. The van der Waals surface area contributed by atoms with E-state index in [-0.39, 0.29) is 18.9 Å². The maximum atomic E-state index is 3.11. The summed E-state index contributed by atoms with van der Waals surface area (Å²) in [6, 6.07) is 0. The second-order valence-corrected chi connectivity index (χ2v) is 2.32. The van der Waals surface area contributed by atoms with Gasteiger partial charge in [-0.2, -0.15) is 16.5 Å². The van der Waals surface area contributed by atoms with E-state index in [1.165, 1.54) is 11.1 Å². The average Bonchev–Trinajstić information content (AvgIpc) is 1.91. The van der Waals surface area contributed by atoms with E-state index in [0.717, 1.165) is 0 Å². The Morgan fingerprint density at radius 3 is 2.25 bits per heavy atom. The Morgan fingerprint density at radius 2 is 2.12 bits per heavy atom. The minimum atomic E-state index is 0. The molecule has 1 aromatic rings. The Bertz CT molecular complexity index is 141. The van der Waals surface area contributed by atoms with E-state index in [2.05, 4.69) is 24.6 Å². The normalized spacial score (nSPS) is 8.25. The maximum Gasteiger partial charge on any atom is 1.00 e. The van der Waals surface area contributed by atoms with Crippen LogP contribution in [0.3, 0.4) is 0 Å². The molecule has 0 aliphatic rings. The fourth-order valence-electron chi connectivity index (χ4n) is 0.375. The summed E-state index contributed by atoms with van der Waals surface area (Å²) in [5.74, 6) is 0. The first-order valence-corrected chi connectivity index (χ1v) is 3.11. The first-order chi connectivity index (χ1) is 3.30. The predicted molar refractivity (Wildman–Crippen MR) is 32.6 cm³/mol. The largest absolute Gasteiger partial charge is 1.00 e. The Kier molecular flexibility index (Phi) is 3.47. The van der Waals surface area contributed by atoms with E-state index < -0.39 is 0 Å². The van der Waals surface area contributed by atoms with Gasteiger partial charge in [0.15, 0.2) is 0 Å². The Balaban J connectivity index is 0.000000490. The van der Waals surface area contributed by atoms with Crippen LogP contribution in [0.15, 0.2) is 5.38 Å². The van der Waals surface area contributed by atoms with Gasteiger partial charge in [0.1, 0.15) is 0 Å². The van der Waals surface area contributed by atoms with Gasteiger partial charge in [-0.3, -0.25) is 0 Å². The van der Waals surface area contributed by atoms with Crippen molar-refractivity contribution in [3.8, 4) is 0 Å². The molecule has 2 heteroatoms. The van der Waals surface area contributed by atoms with Crippen LogP contribution in [-0.4, -0.2) is 0 Å². The number of thiophene rings is 1. The summed E-state index contributed by atoms with van der Waals surface area (Å²) in [5, 5.41) is 5.22. The second kappa shape index (κ2) is 3.35. The molecule has 0 saturated heterocycles. The van der Waals surface area contributed by atoms with Crippen LogP contribution in [0.5, 0.6) is 0 Å². The van der Waals surface area contributed by atoms with Crippen LogP contribution in [0, 0.1) is 19.2 Å². The number of hydrogen-bond donors (Lipinski definition) is 0. The molecule has 0 aromatic carbocycles. The number of rotatable bonds is 0. The van der Waals surface area contributed by atoms with Gasteiger partial charge in [0.25, 0.3) is 0 Å². The molecule has 0 aliphatic carbocycles. The van der Waals surface area contributed by atoms with Gasteiger partial charge in [0, 0.05) is 0 Å². The van der Waals surface area contributed by atoms with Gasteiger partial charge in [-0.05, 0) is 0 Å². The predicted octanol–water partition coefficient (Wildman–Crippen LogP) is -0.831. The van der Waals surface area contributed by atoms with Crippen LogP contribution in [0.1, 0.15) is 11.1 Å². The van der Waals surface area contributed by atoms with E-state index in [9.17, 15) is 0 Å². The van der Waals surface area contributed by atoms with Gasteiger partial charge in [-0.25, -0.2) is 0 Å². The van der Waals surface area contributed by atoms with E-state index in [1.807, 2.05) is 0 Å². The molecule has 0 fully saturated rings. The van der Waals surface area contributed by atoms with Gasteiger partial charge >= 0.3 is 18.9 Å². The Labute approximate surface area is 66.1 Å². The summed E-state index contributed by atoms with van der Waals surface area (Å²) in [6.45, 7) is 4.17. The zero-order chi connectivity index (χ0) is 5.28. The summed E-state index contributed by atoms with van der Waals surface area (Å²) in [4.78, 5) is 0. The van der Waals surface area contributed by atoms with Crippen molar-refractivity contribution in [1.82, 2.24) is 0 Å². The smallest absolute Gasteiger partial charge is 0.303 e. The second-order valence-electron chi connectivity index (χ2n) is 1.65. The SMILES string of the molecule is Cc1[c-]scc1C.[Li+]. The fourth-order valence-corrected chi connectivity index (χ4v) is 1.13. The molecule has 0 N–H and O–H groups in total. The molecule has 0 nitrogen and oxygen atoms in total. The number of aryl methyl sites for hydroxylation is 2. The Morgan fingerprint density at radius 1 is 1.50 bits per heavy atom. The zero-order valence-corrected chi connectivity index (χ0v) is 6.30. The van der Waals surface area contributed by atoms with Crippen LogP contribution < -0.4 is 18.9 Å². The zero-order valence-electron chi connectivity index (χ0n) is 5.49. The first-order valence-electron chi connectivity index (χ1n) is 2.23. The van der Waals surface area contributed by atoms with Gasteiger partial charge in [-0.1, -0.05) is 13.8 Å². The van der Waals surface area contributed by atoms with Crippen molar-refractivity contribution in [2.45, 2.75) is 13.8 Å². The molecule has 0 unspecified atom stereocenters. The molecule has 1 heterocycles. The summed E-state index contributed by atoms with van der Waals surface area (Å²) >= 11 is 1.64. The van der Waals surface area contributed by atoms with Crippen molar-refractivity contribution >= 4 is 11.3 Å². The molecule has 0 radical (unpaired) electrons. The van der Waals surface area contributed by atoms with Crippen molar-refractivity contribution < 1.29 is 18.9 Å².